The second-order valence-corrected chi connectivity index (χ2v) is 18.5. The van der Waals surface area contributed by atoms with E-state index in [0.29, 0.717) is 29.0 Å². The van der Waals surface area contributed by atoms with Crippen molar-refractivity contribution in [1.29, 1.82) is 0 Å². The number of aliphatic hydroxyl groups is 1. The summed E-state index contributed by atoms with van der Waals surface area (Å²) in [4.78, 5) is 30.0. The summed E-state index contributed by atoms with van der Waals surface area (Å²) in [6.45, 7) is 10.2. The van der Waals surface area contributed by atoms with Gasteiger partial charge in [-0.05, 0) is 76.5 Å². The Kier molecular flexibility index (Phi) is 12.4. The van der Waals surface area contributed by atoms with E-state index in [0.717, 1.165) is 37.6 Å². The molecule has 266 valence electrons. The van der Waals surface area contributed by atoms with Crippen LogP contribution in [0.3, 0.4) is 0 Å². The molecule has 11 heteroatoms. The molecule has 0 bridgehead atoms. The molecule has 9 nitrogen and oxygen atoms in total. The van der Waals surface area contributed by atoms with E-state index in [2.05, 4.69) is 20.9 Å². The summed E-state index contributed by atoms with van der Waals surface area (Å²) in [7, 11) is -3.74. The number of sulfone groups is 1. The maximum atomic E-state index is 14.2. The van der Waals surface area contributed by atoms with Gasteiger partial charge in [-0.2, -0.15) is 0 Å². The van der Waals surface area contributed by atoms with Gasteiger partial charge in [0, 0.05) is 49.3 Å². The molecular weight excluding hydrogens is 648 g/mol. The molecule has 1 saturated heterocycles. The van der Waals surface area contributed by atoms with Crippen molar-refractivity contribution in [2.75, 3.05) is 19.3 Å². The standard InChI is InChI=1S/C37H55ClN4O5S/c1-35(2,3)40-33(43)31-22-27-16-10-11-18-29(27)25-42(31)21-20-37(45,23-26-14-8-7-9-15-26)41-34(44)32(36(4,5)48(6,46)47)39-24-28-17-12-13-19-30(28)38/h7-9,12-15,17,19,27,29,31-32,39,45H,10-11,16,18,20-25H2,1-6H3,(H,40,43)(H,41,44)/t27-,29+,31-,32+,37-/m0/s1. The fourth-order valence-corrected chi connectivity index (χ4v) is 7.97. The Balaban J connectivity index is 1.61. The highest BCUT2D eigenvalue weighted by molar-refractivity contribution is 7.92. The maximum absolute atomic E-state index is 14.2. The Morgan fingerprint density at radius 1 is 0.958 bits per heavy atom. The quantitative estimate of drug-likeness (QED) is 0.220. The summed E-state index contributed by atoms with van der Waals surface area (Å²) >= 11 is 6.38. The Hall–Kier alpha value is -2.50. The lowest BCUT2D eigenvalue weighted by Crippen LogP contribution is -2.64. The number of fused-ring (bicyclic) bond motifs is 1. The van der Waals surface area contributed by atoms with Crippen LogP contribution in [0, 0.1) is 11.8 Å². The minimum atomic E-state index is -3.74. The van der Waals surface area contributed by atoms with Crippen LogP contribution in [0.4, 0.5) is 0 Å². The highest BCUT2D eigenvalue weighted by Gasteiger charge is 2.46. The summed E-state index contributed by atoms with van der Waals surface area (Å²) < 4.78 is 24.5. The Morgan fingerprint density at radius 2 is 1.58 bits per heavy atom. The Labute approximate surface area is 292 Å². The van der Waals surface area contributed by atoms with E-state index in [9.17, 15) is 23.1 Å². The molecule has 0 unspecified atom stereocenters. The van der Waals surface area contributed by atoms with Crippen molar-refractivity contribution in [2.45, 2.75) is 114 Å². The predicted molar refractivity (Wildman–Crippen MR) is 192 cm³/mol. The van der Waals surface area contributed by atoms with Crippen LogP contribution in [0.2, 0.25) is 5.02 Å². The Morgan fingerprint density at radius 3 is 2.21 bits per heavy atom. The molecular formula is C37H55ClN4O5S. The number of rotatable bonds is 13. The minimum absolute atomic E-state index is 0.0131. The van der Waals surface area contributed by atoms with E-state index in [4.69, 9.17) is 11.6 Å². The first-order valence-electron chi connectivity index (χ1n) is 17.2. The van der Waals surface area contributed by atoms with Gasteiger partial charge in [-0.25, -0.2) is 8.42 Å². The molecule has 2 aromatic carbocycles. The van der Waals surface area contributed by atoms with E-state index in [1.54, 1.807) is 12.1 Å². The maximum Gasteiger partial charge on any atom is 0.240 e. The topological polar surface area (TPSA) is 128 Å². The van der Waals surface area contributed by atoms with Crippen LogP contribution < -0.4 is 16.0 Å². The molecule has 2 fully saturated rings. The van der Waals surface area contributed by atoms with Gasteiger partial charge < -0.3 is 21.1 Å². The van der Waals surface area contributed by atoms with Crippen molar-refractivity contribution in [3.63, 3.8) is 0 Å². The van der Waals surface area contributed by atoms with Gasteiger partial charge in [0.25, 0.3) is 0 Å². The van der Waals surface area contributed by atoms with Gasteiger partial charge in [0.2, 0.25) is 11.8 Å². The number of nitrogens with one attached hydrogen (secondary N) is 3. The van der Waals surface area contributed by atoms with Gasteiger partial charge in [-0.15, -0.1) is 0 Å². The number of hydrogen-bond acceptors (Lipinski definition) is 7. The second kappa shape index (κ2) is 15.6. The molecule has 1 saturated carbocycles. The number of amides is 2. The number of piperidine rings is 1. The van der Waals surface area contributed by atoms with E-state index in [-0.39, 0.29) is 36.9 Å². The zero-order chi connectivity index (χ0) is 35.3. The lowest BCUT2D eigenvalue weighted by Gasteiger charge is -2.47. The molecule has 1 heterocycles. The molecule has 2 aliphatic rings. The molecule has 5 atom stereocenters. The molecule has 1 aliphatic heterocycles. The summed E-state index contributed by atoms with van der Waals surface area (Å²) in [5.41, 5.74) is -0.583. The zero-order valence-electron chi connectivity index (χ0n) is 29.4. The SMILES string of the molecule is CC(C)(C)NC(=O)[C@@H]1C[C@@H]2CCCC[C@@H]2CN1CC[C@](O)(Cc1ccccc1)NC(=O)[C@@H](NCc1ccccc1Cl)C(C)(C)S(C)(=O)=O. The van der Waals surface area contributed by atoms with Crippen molar-refractivity contribution in [1.82, 2.24) is 20.9 Å². The zero-order valence-corrected chi connectivity index (χ0v) is 31.0. The van der Waals surface area contributed by atoms with Crippen molar-refractivity contribution < 1.29 is 23.1 Å². The molecule has 0 spiro atoms. The van der Waals surface area contributed by atoms with Gasteiger partial charge in [-0.1, -0.05) is 79.4 Å². The summed E-state index contributed by atoms with van der Waals surface area (Å²) in [5.74, 6) is 0.338. The lowest BCUT2D eigenvalue weighted by atomic mass is 9.72. The first-order valence-corrected chi connectivity index (χ1v) is 19.5. The van der Waals surface area contributed by atoms with E-state index < -0.39 is 32.3 Å². The van der Waals surface area contributed by atoms with Crippen molar-refractivity contribution >= 4 is 33.3 Å². The van der Waals surface area contributed by atoms with Gasteiger partial charge in [0.1, 0.15) is 11.8 Å². The summed E-state index contributed by atoms with van der Waals surface area (Å²) in [6, 6.07) is 15.0. The largest absolute Gasteiger partial charge is 0.371 e. The average Bonchev–Trinajstić information content (AvgIpc) is 2.99. The van der Waals surface area contributed by atoms with Crippen LogP contribution in [-0.4, -0.2) is 77.7 Å². The van der Waals surface area contributed by atoms with Crippen LogP contribution in [-0.2, 0) is 32.4 Å². The monoisotopic (exact) mass is 702 g/mol. The molecule has 2 aromatic rings. The minimum Gasteiger partial charge on any atom is -0.371 e. The van der Waals surface area contributed by atoms with E-state index in [1.807, 2.05) is 63.2 Å². The van der Waals surface area contributed by atoms with Gasteiger partial charge >= 0.3 is 0 Å². The van der Waals surface area contributed by atoms with Gasteiger partial charge in [-0.3, -0.25) is 14.5 Å². The first kappa shape index (κ1) is 38.3. The van der Waals surface area contributed by atoms with Crippen LogP contribution >= 0.6 is 11.6 Å². The number of nitrogens with zero attached hydrogens (tertiary/aromatic N) is 1. The van der Waals surface area contributed by atoms with E-state index >= 15 is 0 Å². The third-order valence-electron chi connectivity index (χ3n) is 10.2. The van der Waals surface area contributed by atoms with Crippen LogP contribution in [0.1, 0.15) is 84.3 Å². The van der Waals surface area contributed by atoms with E-state index in [1.165, 1.54) is 26.7 Å². The van der Waals surface area contributed by atoms with Crippen molar-refractivity contribution in [2.24, 2.45) is 11.8 Å². The molecule has 48 heavy (non-hydrogen) atoms. The van der Waals surface area contributed by atoms with Crippen LogP contribution in [0.15, 0.2) is 54.6 Å². The molecule has 2 amide bonds. The number of benzene rings is 2. The van der Waals surface area contributed by atoms with Gasteiger partial charge in [0.05, 0.1) is 10.8 Å². The molecule has 0 aromatic heterocycles. The van der Waals surface area contributed by atoms with Crippen molar-refractivity contribution in [3.8, 4) is 0 Å². The highest BCUT2D eigenvalue weighted by Crippen LogP contribution is 2.39. The highest BCUT2D eigenvalue weighted by atomic mass is 35.5. The fraction of sp³-hybridized carbons (Fsp3) is 0.622. The van der Waals surface area contributed by atoms with Gasteiger partial charge in [0.15, 0.2) is 9.84 Å². The number of hydrogen-bond donors (Lipinski definition) is 4. The third kappa shape index (κ3) is 10.0. The number of likely N-dealkylation sites (tertiary alicyclic amines) is 1. The fourth-order valence-electron chi connectivity index (χ4n) is 7.15. The summed E-state index contributed by atoms with van der Waals surface area (Å²) in [6.07, 6.45) is 6.75. The predicted octanol–water partition coefficient (Wildman–Crippen LogP) is 4.85. The Bertz CT molecular complexity index is 1510. The summed E-state index contributed by atoms with van der Waals surface area (Å²) in [5, 5.41) is 22.0. The van der Waals surface area contributed by atoms with Crippen LogP contribution in [0.25, 0.3) is 0 Å². The molecule has 4 N–H and O–H groups in total. The second-order valence-electron chi connectivity index (χ2n) is 15.5. The number of carbonyl (C=O) groups excluding carboxylic acids is 2. The number of carbonyl (C=O) groups is 2. The molecule has 4 rings (SSSR count). The third-order valence-corrected chi connectivity index (χ3v) is 12.7. The smallest absolute Gasteiger partial charge is 0.240 e. The molecule has 1 aliphatic carbocycles. The van der Waals surface area contributed by atoms with Crippen LogP contribution in [0.5, 0.6) is 0 Å². The average molecular weight is 703 g/mol. The number of halogens is 1. The normalized spacial score (nSPS) is 22.6. The molecule has 0 radical (unpaired) electrons. The lowest BCUT2D eigenvalue weighted by molar-refractivity contribution is -0.136. The first-order chi connectivity index (χ1) is 22.4. The van der Waals surface area contributed by atoms with Crippen molar-refractivity contribution in [3.05, 3.63) is 70.7 Å².